The van der Waals surface area contributed by atoms with E-state index in [1.165, 1.54) is 25.3 Å². The number of nitrogens with zero attached hydrogens (tertiary/aromatic N) is 1. The monoisotopic (exact) mass is 265 g/mol. The lowest BCUT2D eigenvalue weighted by atomic mass is 10.2. The van der Waals surface area contributed by atoms with Crippen LogP contribution in [0.2, 0.25) is 0 Å². The molecule has 1 atom stereocenters. The maximum absolute atomic E-state index is 13.2. The summed E-state index contributed by atoms with van der Waals surface area (Å²) in [5.74, 6) is -0.182. The van der Waals surface area contributed by atoms with Gasteiger partial charge in [-0.15, -0.1) is 0 Å². The molecule has 0 aliphatic rings. The van der Waals surface area contributed by atoms with Gasteiger partial charge in [-0.3, -0.25) is 0 Å². The molecule has 0 saturated carbocycles. The molecule has 0 aliphatic heterocycles. The van der Waals surface area contributed by atoms with Crippen LogP contribution in [0, 0.1) is 17.1 Å². The second kappa shape index (κ2) is 7.21. The zero-order chi connectivity index (χ0) is 14.3. The summed E-state index contributed by atoms with van der Waals surface area (Å²) in [5, 5.41) is 13.7. The molecule has 1 aromatic rings. The Hall–Kier alpha value is -2.29. The van der Waals surface area contributed by atoms with Gasteiger partial charge in [0, 0.05) is 23.9 Å². The van der Waals surface area contributed by atoms with Gasteiger partial charge in [0.2, 0.25) is 0 Å². The van der Waals surface area contributed by atoms with E-state index in [0.29, 0.717) is 17.9 Å². The fourth-order valence-electron chi connectivity index (χ4n) is 1.51. The Morgan fingerprint density at radius 2 is 2.26 bits per heavy atom. The van der Waals surface area contributed by atoms with Crippen molar-refractivity contribution in [2.24, 2.45) is 0 Å². The topological polar surface area (TPSA) is 74.2 Å². The van der Waals surface area contributed by atoms with Crippen LogP contribution in [-0.4, -0.2) is 19.2 Å². The molecule has 5 nitrogen and oxygen atoms in total. The number of carbonyl (C=O) groups excluding carboxylic acids is 1. The van der Waals surface area contributed by atoms with Gasteiger partial charge in [-0.2, -0.15) is 5.26 Å². The van der Waals surface area contributed by atoms with Gasteiger partial charge in [-0.05, 0) is 12.5 Å². The largest absolute Gasteiger partial charge is 0.497 e. The summed E-state index contributed by atoms with van der Waals surface area (Å²) in [6.07, 6.45) is 0.879. The number of benzene rings is 1. The molecule has 1 rings (SSSR count). The number of ether oxygens (including phenoxy) is 1. The predicted octanol–water partition coefficient (Wildman–Crippen LogP) is 2.65. The normalized spacial score (nSPS) is 11.3. The number of nitrogens with one attached hydrogen (secondary N) is 2. The number of carbonyl (C=O) groups is 1. The van der Waals surface area contributed by atoms with Crippen molar-refractivity contribution in [2.75, 3.05) is 12.4 Å². The molecule has 6 heteroatoms. The molecule has 0 bridgehead atoms. The third-order valence-corrected chi connectivity index (χ3v) is 2.53. The molecule has 2 amide bonds. The van der Waals surface area contributed by atoms with Crippen LogP contribution in [0.25, 0.3) is 0 Å². The van der Waals surface area contributed by atoms with Crippen LogP contribution in [0.5, 0.6) is 5.75 Å². The minimum absolute atomic E-state index is 0.222. The van der Waals surface area contributed by atoms with Crippen molar-refractivity contribution in [1.29, 1.82) is 5.26 Å². The summed E-state index contributed by atoms with van der Waals surface area (Å²) in [6.45, 7) is 1.87. The maximum Gasteiger partial charge on any atom is 0.319 e. The van der Waals surface area contributed by atoms with Crippen molar-refractivity contribution in [1.82, 2.24) is 5.32 Å². The van der Waals surface area contributed by atoms with Gasteiger partial charge in [-0.25, -0.2) is 9.18 Å². The fourth-order valence-corrected chi connectivity index (χ4v) is 1.51. The van der Waals surface area contributed by atoms with Crippen LogP contribution in [0.15, 0.2) is 18.2 Å². The molecule has 0 fully saturated rings. The second-order valence-electron chi connectivity index (χ2n) is 3.95. The first-order valence-corrected chi connectivity index (χ1v) is 5.88. The van der Waals surface area contributed by atoms with Crippen LogP contribution in [0.1, 0.15) is 19.8 Å². The van der Waals surface area contributed by atoms with Gasteiger partial charge in [0.25, 0.3) is 0 Å². The van der Waals surface area contributed by atoms with E-state index in [0.717, 1.165) is 0 Å². The van der Waals surface area contributed by atoms with E-state index in [2.05, 4.69) is 10.6 Å². The minimum Gasteiger partial charge on any atom is -0.497 e. The van der Waals surface area contributed by atoms with Crippen molar-refractivity contribution in [3.63, 3.8) is 0 Å². The lowest BCUT2D eigenvalue weighted by molar-refractivity contribution is 0.248. The number of halogens is 1. The number of nitriles is 1. The van der Waals surface area contributed by atoms with Crippen LogP contribution >= 0.6 is 0 Å². The van der Waals surface area contributed by atoms with Crippen LogP contribution in [0.3, 0.4) is 0 Å². The van der Waals surface area contributed by atoms with Gasteiger partial charge >= 0.3 is 6.03 Å². The first-order valence-electron chi connectivity index (χ1n) is 5.88. The Morgan fingerprint density at radius 1 is 1.53 bits per heavy atom. The van der Waals surface area contributed by atoms with Crippen LogP contribution in [-0.2, 0) is 0 Å². The molecular weight excluding hydrogens is 249 g/mol. The van der Waals surface area contributed by atoms with E-state index >= 15 is 0 Å². The summed E-state index contributed by atoms with van der Waals surface area (Å²) in [7, 11) is 1.42. The molecule has 0 aliphatic carbocycles. The molecule has 1 aromatic carbocycles. The molecule has 0 unspecified atom stereocenters. The Balaban J connectivity index is 2.66. The number of hydrogen-bond acceptors (Lipinski definition) is 3. The third kappa shape index (κ3) is 4.84. The lowest BCUT2D eigenvalue weighted by Gasteiger charge is -2.14. The highest BCUT2D eigenvalue weighted by Gasteiger charge is 2.10. The van der Waals surface area contributed by atoms with Crippen molar-refractivity contribution >= 4 is 11.7 Å². The van der Waals surface area contributed by atoms with E-state index in [1.54, 1.807) is 0 Å². The first-order chi connectivity index (χ1) is 9.08. The Morgan fingerprint density at radius 3 is 2.84 bits per heavy atom. The number of anilines is 1. The smallest absolute Gasteiger partial charge is 0.319 e. The van der Waals surface area contributed by atoms with Gasteiger partial charge < -0.3 is 15.4 Å². The molecule has 19 heavy (non-hydrogen) atoms. The fraction of sp³-hybridized carbons (Fsp3) is 0.385. The third-order valence-electron chi connectivity index (χ3n) is 2.53. The SMILES string of the molecule is CC[C@@H](CC#N)NC(=O)Nc1cc(F)cc(OC)c1. The summed E-state index contributed by atoms with van der Waals surface area (Å²) in [6, 6.07) is 5.21. The molecule has 0 saturated heterocycles. The van der Waals surface area contributed by atoms with E-state index in [1.807, 2.05) is 13.0 Å². The first kappa shape index (κ1) is 14.8. The van der Waals surface area contributed by atoms with Crippen LogP contribution < -0.4 is 15.4 Å². The summed E-state index contributed by atoms with van der Waals surface area (Å²) < 4.78 is 18.1. The molecule has 0 heterocycles. The van der Waals surface area contributed by atoms with Gasteiger partial charge in [-0.1, -0.05) is 6.92 Å². The van der Waals surface area contributed by atoms with Crippen molar-refractivity contribution < 1.29 is 13.9 Å². The van der Waals surface area contributed by atoms with E-state index in [-0.39, 0.29) is 12.5 Å². The minimum atomic E-state index is -0.501. The van der Waals surface area contributed by atoms with Crippen molar-refractivity contribution in [2.45, 2.75) is 25.8 Å². The van der Waals surface area contributed by atoms with Crippen molar-refractivity contribution in [3.8, 4) is 11.8 Å². The Bertz CT molecular complexity index is 485. The lowest BCUT2D eigenvalue weighted by Crippen LogP contribution is -2.37. The predicted molar refractivity (Wildman–Crippen MR) is 69.4 cm³/mol. The average molecular weight is 265 g/mol. The zero-order valence-electron chi connectivity index (χ0n) is 10.9. The number of methoxy groups -OCH3 is 1. The molecule has 102 valence electrons. The molecule has 0 aromatic heterocycles. The van der Waals surface area contributed by atoms with Gasteiger partial charge in [0.1, 0.15) is 11.6 Å². The number of rotatable bonds is 5. The highest BCUT2D eigenvalue weighted by molar-refractivity contribution is 5.89. The van der Waals surface area contributed by atoms with Gasteiger partial charge in [0.15, 0.2) is 0 Å². The number of hydrogen-bond donors (Lipinski definition) is 2. The Kier molecular flexibility index (Phi) is 5.61. The quantitative estimate of drug-likeness (QED) is 0.859. The standard InChI is InChI=1S/C13H16FN3O2/c1-3-10(4-5-15)16-13(18)17-11-6-9(14)7-12(8-11)19-2/h6-8,10H,3-4H2,1-2H3,(H2,16,17,18)/t10-/m0/s1. The van der Waals surface area contributed by atoms with Gasteiger partial charge in [0.05, 0.1) is 19.6 Å². The van der Waals surface area contributed by atoms with Crippen LogP contribution in [0.4, 0.5) is 14.9 Å². The maximum atomic E-state index is 13.2. The molecule has 0 radical (unpaired) electrons. The molecule has 2 N–H and O–H groups in total. The summed E-state index contributed by atoms with van der Waals surface area (Å²) in [4.78, 5) is 11.7. The van der Waals surface area contributed by atoms with E-state index in [9.17, 15) is 9.18 Å². The molecular formula is C13H16FN3O2. The van der Waals surface area contributed by atoms with E-state index < -0.39 is 11.8 Å². The molecule has 0 spiro atoms. The Labute approximate surface area is 111 Å². The highest BCUT2D eigenvalue weighted by atomic mass is 19.1. The number of amides is 2. The second-order valence-corrected chi connectivity index (χ2v) is 3.95. The number of urea groups is 1. The van der Waals surface area contributed by atoms with E-state index in [4.69, 9.17) is 10.00 Å². The van der Waals surface area contributed by atoms with Crippen molar-refractivity contribution in [3.05, 3.63) is 24.0 Å². The highest BCUT2D eigenvalue weighted by Crippen LogP contribution is 2.19. The summed E-state index contributed by atoms with van der Waals surface area (Å²) in [5.41, 5.74) is 0.293. The zero-order valence-corrected chi connectivity index (χ0v) is 10.9. The summed E-state index contributed by atoms with van der Waals surface area (Å²) >= 11 is 0. The average Bonchev–Trinajstić information content (AvgIpc) is 2.37.